The first-order chi connectivity index (χ1) is 29.4. The summed E-state index contributed by atoms with van der Waals surface area (Å²) in [5, 5.41) is 18.9. The average Bonchev–Trinajstić information content (AvgIpc) is 3.90. The number of amides is 1. The number of sulfonamides is 1. The van der Waals surface area contributed by atoms with E-state index in [2.05, 4.69) is 63.6 Å². The molecule has 0 bridgehead atoms. The number of H-pyrrole nitrogens is 1. The molecule has 4 aliphatic rings. The van der Waals surface area contributed by atoms with Gasteiger partial charge in [-0.25, -0.2) is 22.5 Å². The van der Waals surface area contributed by atoms with E-state index in [1.165, 1.54) is 48.4 Å². The molecule has 1 amide bonds. The summed E-state index contributed by atoms with van der Waals surface area (Å²) < 4.78 is 51.7. The van der Waals surface area contributed by atoms with Gasteiger partial charge in [0.2, 0.25) is 0 Å². The lowest BCUT2D eigenvalue weighted by Crippen LogP contribution is -2.55. The number of carbonyl (C=O) groups is 1. The van der Waals surface area contributed by atoms with Gasteiger partial charge in [-0.15, -0.1) is 0 Å². The summed E-state index contributed by atoms with van der Waals surface area (Å²) in [6.45, 7) is 8.88. The Bertz CT molecular complexity index is 2580. The molecule has 3 aromatic carbocycles. The number of fused-ring (bicyclic) bond motifs is 1. The SMILES string of the molecule is CC(C)c1ccccc1[C@@H]1CCCN1C1CC2(CCN(c3cc(Oc4cnc5[nH]ccc5c4)c(C(=O)NS(=O)(=O)c4ccc(NCC5CNC5)c([N+](=O)[O-])c4)cc3F)CC2)C1. The number of halogens is 1. The fraction of sp³-hybridized carbons (Fsp3) is 0.422. The fourth-order valence-corrected chi connectivity index (χ4v) is 10.8. The van der Waals surface area contributed by atoms with E-state index in [4.69, 9.17) is 4.74 Å². The highest BCUT2D eigenvalue weighted by molar-refractivity contribution is 7.90. The molecule has 0 unspecified atom stereocenters. The van der Waals surface area contributed by atoms with Gasteiger partial charge in [-0.05, 0) is 97.9 Å². The van der Waals surface area contributed by atoms with E-state index >= 15 is 4.39 Å². The maximum Gasteiger partial charge on any atom is 0.293 e. The van der Waals surface area contributed by atoms with Gasteiger partial charge in [-0.2, -0.15) is 0 Å². The number of anilines is 2. The minimum Gasteiger partial charge on any atom is -0.455 e. The van der Waals surface area contributed by atoms with E-state index in [1.54, 1.807) is 18.3 Å². The number of ether oxygens (including phenoxy) is 1. The predicted molar refractivity (Wildman–Crippen MR) is 231 cm³/mol. The summed E-state index contributed by atoms with van der Waals surface area (Å²) in [5.41, 5.74) is 3.28. The van der Waals surface area contributed by atoms with Gasteiger partial charge in [0.15, 0.2) is 0 Å². The number of hydrogen-bond acceptors (Lipinski definition) is 11. The highest BCUT2D eigenvalue weighted by Gasteiger charge is 2.50. The summed E-state index contributed by atoms with van der Waals surface area (Å²) in [6, 6.07) is 19.2. The zero-order valence-electron chi connectivity index (χ0n) is 34.3. The van der Waals surface area contributed by atoms with Crippen LogP contribution in [0.15, 0.2) is 84.0 Å². The number of piperidine rings is 1. The van der Waals surface area contributed by atoms with E-state index in [0.717, 1.165) is 62.8 Å². The summed E-state index contributed by atoms with van der Waals surface area (Å²) in [7, 11) is -4.66. The molecule has 1 atom stereocenters. The van der Waals surface area contributed by atoms with Crippen molar-refractivity contribution in [1.29, 1.82) is 0 Å². The molecule has 4 fully saturated rings. The van der Waals surface area contributed by atoms with Gasteiger partial charge in [-0.3, -0.25) is 19.8 Å². The van der Waals surface area contributed by atoms with Crippen molar-refractivity contribution in [3.63, 3.8) is 0 Å². The average molecular weight is 851 g/mol. The number of aromatic amines is 1. The lowest BCUT2D eigenvalue weighted by Gasteiger charge is -2.56. The number of pyridine rings is 1. The monoisotopic (exact) mass is 850 g/mol. The van der Waals surface area contributed by atoms with Crippen LogP contribution in [0.1, 0.15) is 85.8 Å². The molecule has 320 valence electrons. The van der Waals surface area contributed by atoms with Gasteiger partial charge in [-0.1, -0.05) is 38.1 Å². The quantitative estimate of drug-likeness (QED) is 0.0671. The second-order valence-electron chi connectivity index (χ2n) is 17.5. The van der Waals surface area contributed by atoms with Gasteiger partial charge in [0.25, 0.3) is 21.6 Å². The predicted octanol–water partition coefficient (Wildman–Crippen LogP) is 7.86. The van der Waals surface area contributed by atoms with Crippen LogP contribution in [0.4, 0.5) is 21.5 Å². The van der Waals surface area contributed by atoms with E-state index in [-0.39, 0.29) is 33.9 Å². The molecule has 16 heteroatoms. The number of nitro benzene ring substituents is 1. The van der Waals surface area contributed by atoms with Crippen molar-refractivity contribution >= 4 is 44.0 Å². The second kappa shape index (κ2) is 16.4. The number of nitrogens with zero attached hydrogens (tertiary/aromatic N) is 4. The minimum absolute atomic E-state index is 0.0671. The Balaban J connectivity index is 0.928. The molecule has 1 spiro atoms. The topological polar surface area (TPSA) is 175 Å². The maximum absolute atomic E-state index is 16.3. The number of nitrogens with one attached hydrogen (secondary N) is 4. The molecule has 3 saturated heterocycles. The molecule has 14 nitrogen and oxygen atoms in total. The normalized spacial score (nSPS) is 19.5. The second-order valence-corrected chi connectivity index (χ2v) is 19.2. The van der Waals surface area contributed by atoms with Crippen molar-refractivity contribution in [2.45, 2.75) is 75.3 Å². The van der Waals surface area contributed by atoms with Crippen molar-refractivity contribution in [2.24, 2.45) is 11.3 Å². The number of aromatic nitrogens is 2. The van der Waals surface area contributed by atoms with Crippen LogP contribution in [0.3, 0.4) is 0 Å². The fourth-order valence-electron chi connectivity index (χ4n) is 9.82. The van der Waals surface area contributed by atoms with Gasteiger partial charge in [0.05, 0.1) is 27.3 Å². The molecule has 4 N–H and O–H groups in total. The lowest BCUT2D eigenvalue weighted by atomic mass is 9.59. The van der Waals surface area contributed by atoms with Crippen LogP contribution < -0.4 is 25.0 Å². The van der Waals surface area contributed by atoms with Crippen LogP contribution in [0.2, 0.25) is 0 Å². The Labute approximate surface area is 354 Å². The van der Waals surface area contributed by atoms with Gasteiger partial charge in [0.1, 0.15) is 28.7 Å². The summed E-state index contributed by atoms with van der Waals surface area (Å²) in [5.74, 6) is -0.912. The van der Waals surface area contributed by atoms with Gasteiger partial charge >= 0.3 is 0 Å². The molecule has 5 aromatic rings. The molecule has 5 heterocycles. The molecule has 2 aromatic heterocycles. The van der Waals surface area contributed by atoms with E-state index < -0.39 is 37.3 Å². The summed E-state index contributed by atoms with van der Waals surface area (Å²) in [4.78, 5) is 36.8. The van der Waals surface area contributed by atoms with Crippen LogP contribution in [0.5, 0.6) is 11.5 Å². The van der Waals surface area contributed by atoms with Crippen LogP contribution in [-0.2, 0) is 10.0 Å². The Morgan fingerprint density at radius 1 is 1.07 bits per heavy atom. The zero-order chi connectivity index (χ0) is 42.5. The number of benzene rings is 3. The first kappa shape index (κ1) is 40.8. The number of rotatable bonds is 13. The zero-order valence-corrected chi connectivity index (χ0v) is 35.1. The summed E-state index contributed by atoms with van der Waals surface area (Å²) >= 11 is 0. The van der Waals surface area contributed by atoms with Crippen molar-refractivity contribution in [3.8, 4) is 11.5 Å². The highest BCUT2D eigenvalue weighted by atomic mass is 32.2. The Morgan fingerprint density at radius 2 is 1.85 bits per heavy atom. The highest BCUT2D eigenvalue weighted by Crippen LogP contribution is 2.54. The lowest BCUT2D eigenvalue weighted by molar-refractivity contribution is -0.384. The third-order valence-electron chi connectivity index (χ3n) is 13.3. The molecule has 61 heavy (non-hydrogen) atoms. The molecule has 1 saturated carbocycles. The Hall–Kier alpha value is -5.58. The smallest absolute Gasteiger partial charge is 0.293 e. The number of hydrogen-bond donors (Lipinski definition) is 4. The van der Waals surface area contributed by atoms with Crippen molar-refractivity contribution < 1.29 is 27.3 Å². The first-order valence-corrected chi connectivity index (χ1v) is 22.7. The standard InChI is InChI=1S/C45H51FN8O6S/c1-28(2)34-6-3-4-7-35(34)39-8-5-15-53(39)31-22-45(23-31)12-16-52(17-13-45)40-21-42(60-32-18-30-11-14-48-43(30)50-27-32)36(20-37(40)46)44(55)51-61(58,59)33-9-10-38(41(19-33)54(56)57)49-26-29-24-47-25-29/h3-4,6-7,9-11,14,18-21,27-29,31,39,47,49H,5,8,12-13,15-17,22-26H2,1-2H3,(H,48,50)(H,51,55)/t39-/m0/s1. The molecular formula is C45H51FN8O6S. The Kier molecular flexibility index (Phi) is 10.9. The van der Waals surface area contributed by atoms with Crippen LogP contribution in [0.25, 0.3) is 11.0 Å². The van der Waals surface area contributed by atoms with Gasteiger partial charge in [0, 0.05) is 74.4 Å². The van der Waals surface area contributed by atoms with Crippen molar-refractivity contribution in [1.82, 2.24) is 24.9 Å². The minimum atomic E-state index is -4.66. The molecule has 0 radical (unpaired) electrons. The van der Waals surface area contributed by atoms with Crippen molar-refractivity contribution in [2.75, 3.05) is 49.5 Å². The maximum atomic E-state index is 16.3. The van der Waals surface area contributed by atoms with Crippen LogP contribution >= 0.6 is 0 Å². The van der Waals surface area contributed by atoms with Crippen LogP contribution in [-0.4, -0.2) is 79.4 Å². The van der Waals surface area contributed by atoms with Crippen LogP contribution in [0, 0.1) is 27.3 Å². The van der Waals surface area contributed by atoms with E-state index in [1.807, 2.05) is 9.62 Å². The largest absolute Gasteiger partial charge is 0.455 e. The number of carbonyl (C=O) groups excluding carboxylic acids is 1. The molecular weight excluding hydrogens is 800 g/mol. The molecule has 3 aliphatic heterocycles. The van der Waals surface area contributed by atoms with E-state index in [0.29, 0.717) is 49.2 Å². The number of likely N-dealkylation sites (tertiary alicyclic amines) is 1. The molecule has 9 rings (SSSR count). The van der Waals surface area contributed by atoms with E-state index in [9.17, 15) is 23.3 Å². The third kappa shape index (κ3) is 8.15. The molecule has 1 aliphatic carbocycles. The van der Waals surface area contributed by atoms with Gasteiger partial charge < -0.3 is 25.3 Å². The van der Waals surface area contributed by atoms with Crippen molar-refractivity contribution in [3.05, 3.63) is 112 Å². The summed E-state index contributed by atoms with van der Waals surface area (Å²) in [6.07, 6.45) is 9.57. The first-order valence-electron chi connectivity index (χ1n) is 21.2. The Morgan fingerprint density at radius 3 is 2.59 bits per heavy atom. The third-order valence-corrected chi connectivity index (χ3v) is 14.6. The number of nitro groups is 1.